The van der Waals surface area contributed by atoms with E-state index in [1.807, 2.05) is 0 Å². The lowest BCUT2D eigenvalue weighted by Gasteiger charge is -2.11. The predicted octanol–water partition coefficient (Wildman–Crippen LogP) is 1.38. The first-order valence-electron chi connectivity index (χ1n) is 7.28. The molecule has 2 aromatic carbocycles. The predicted molar refractivity (Wildman–Crippen MR) is 95.4 cm³/mol. The number of rotatable bonds is 8. The highest BCUT2D eigenvalue weighted by Gasteiger charge is 2.09. The molecule has 5 N–H and O–H groups in total. The average molecular weight is 359 g/mol. The third kappa shape index (κ3) is 5.85. The second-order valence-electron chi connectivity index (χ2n) is 4.98. The van der Waals surface area contributed by atoms with E-state index in [1.54, 1.807) is 42.5 Å². The standard InChI is InChI=1S/C17H17N3O4S/c18-15(21)10-25-14-7-2-1-6-13(14)20-16(22)9-24-12-5-3-4-11(8-12)17(19)23/h1-8H,9-10H2,(H2,18,21)(H2,19,23)(H,20,22). The third-order valence-electron chi connectivity index (χ3n) is 3.02. The highest BCUT2D eigenvalue weighted by molar-refractivity contribution is 8.00. The molecule has 3 amide bonds. The molecule has 0 aromatic heterocycles. The topological polar surface area (TPSA) is 125 Å². The van der Waals surface area contributed by atoms with Gasteiger partial charge in [-0.1, -0.05) is 18.2 Å². The lowest BCUT2D eigenvalue weighted by molar-refractivity contribution is -0.118. The summed E-state index contributed by atoms with van der Waals surface area (Å²) < 4.78 is 5.37. The van der Waals surface area contributed by atoms with E-state index >= 15 is 0 Å². The van der Waals surface area contributed by atoms with Crippen LogP contribution in [0.5, 0.6) is 5.75 Å². The van der Waals surface area contributed by atoms with Crippen LogP contribution in [0.2, 0.25) is 0 Å². The van der Waals surface area contributed by atoms with Crippen molar-refractivity contribution in [1.82, 2.24) is 0 Å². The van der Waals surface area contributed by atoms with Gasteiger partial charge in [-0.3, -0.25) is 14.4 Å². The van der Waals surface area contributed by atoms with E-state index in [1.165, 1.54) is 17.8 Å². The number of ether oxygens (including phenoxy) is 1. The summed E-state index contributed by atoms with van der Waals surface area (Å²) in [6.45, 7) is -0.239. The number of hydrogen-bond donors (Lipinski definition) is 3. The molecule has 0 saturated heterocycles. The summed E-state index contributed by atoms with van der Waals surface area (Å²) in [5.41, 5.74) is 11.2. The van der Waals surface area contributed by atoms with Gasteiger partial charge in [0.25, 0.3) is 5.91 Å². The minimum absolute atomic E-state index is 0.114. The Morgan fingerprint density at radius 2 is 1.80 bits per heavy atom. The summed E-state index contributed by atoms with van der Waals surface area (Å²) in [5.74, 6) is -0.915. The van der Waals surface area contributed by atoms with E-state index in [2.05, 4.69) is 5.32 Å². The zero-order chi connectivity index (χ0) is 18.2. The minimum atomic E-state index is -0.574. The molecule has 0 fully saturated rings. The van der Waals surface area contributed by atoms with Crippen molar-refractivity contribution in [1.29, 1.82) is 0 Å². The molecule has 0 radical (unpaired) electrons. The van der Waals surface area contributed by atoms with Gasteiger partial charge in [0, 0.05) is 10.5 Å². The first-order chi connectivity index (χ1) is 12.0. The van der Waals surface area contributed by atoms with Gasteiger partial charge in [-0.2, -0.15) is 0 Å². The van der Waals surface area contributed by atoms with Gasteiger partial charge in [-0.15, -0.1) is 11.8 Å². The van der Waals surface area contributed by atoms with Crippen molar-refractivity contribution in [3.8, 4) is 5.75 Å². The zero-order valence-electron chi connectivity index (χ0n) is 13.2. The van der Waals surface area contributed by atoms with Crippen LogP contribution < -0.4 is 21.5 Å². The van der Waals surface area contributed by atoms with Crippen LogP contribution in [-0.4, -0.2) is 30.1 Å². The van der Waals surface area contributed by atoms with E-state index in [4.69, 9.17) is 16.2 Å². The molecule has 0 bridgehead atoms. The quantitative estimate of drug-likeness (QED) is 0.614. The molecule has 0 saturated carbocycles. The number of carbonyl (C=O) groups is 3. The van der Waals surface area contributed by atoms with Crippen molar-refractivity contribution in [2.75, 3.05) is 17.7 Å². The Hall–Kier alpha value is -3.00. The van der Waals surface area contributed by atoms with E-state index in [0.29, 0.717) is 17.0 Å². The second-order valence-corrected chi connectivity index (χ2v) is 6.00. The van der Waals surface area contributed by atoms with E-state index in [0.717, 1.165) is 4.90 Å². The highest BCUT2D eigenvalue weighted by atomic mass is 32.2. The Bertz CT molecular complexity index is 795. The van der Waals surface area contributed by atoms with Crippen LogP contribution in [0.15, 0.2) is 53.4 Å². The van der Waals surface area contributed by atoms with Crippen molar-refractivity contribution >= 4 is 35.2 Å². The molecule has 0 heterocycles. The fourth-order valence-electron chi connectivity index (χ4n) is 1.92. The van der Waals surface area contributed by atoms with Crippen molar-refractivity contribution in [2.24, 2.45) is 11.5 Å². The van der Waals surface area contributed by atoms with Crippen molar-refractivity contribution in [2.45, 2.75) is 4.90 Å². The van der Waals surface area contributed by atoms with E-state index < -0.39 is 11.8 Å². The normalized spacial score (nSPS) is 10.1. The fourth-order valence-corrected chi connectivity index (χ4v) is 2.67. The molecule has 130 valence electrons. The monoisotopic (exact) mass is 359 g/mol. The lowest BCUT2D eigenvalue weighted by atomic mass is 10.2. The molecule has 0 unspecified atom stereocenters. The fraction of sp³-hybridized carbons (Fsp3) is 0.118. The first-order valence-corrected chi connectivity index (χ1v) is 8.27. The summed E-state index contributed by atoms with van der Waals surface area (Å²) in [7, 11) is 0. The maximum atomic E-state index is 12.1. The molecule has 0 atom stereocenters. The number of benzene rings is 2. The molecular weight excluding hydrogens is 342 g/mol. The Labute approximate surface area is 148 Å². The van der Waals surface area contributed by atoms with Gasteiger partial charge in [0.1, 0.15) is 5.75 Å². The SMILES string of the molecule is NC(=O)CSc1ccccc1NC(=O)COc1cccc(C(N)=O)c1. The van der Waals surface area contributed by atoms with Gasteiger partial charge >= 0.3 is 0 Å². The molecule has 25 heavy (non-hydrogen) atoms. The summed E-state index contributed by atoms with van der Waals surface area (Å²) in [4.78, 5) is 34.8. The van der Waals surface area contributed by atoms with Crippen molar-refractivity contribution in [3.05, 3.63) is 54.1 Å². The van der Waals surface area contributed by atoms with Gasteiger partial charge in [0.05, 0.1) is 11.4 Å². The molecule has 2 aromatic rings. The van der Waals surface area contributed by atoms with Crippen LogP contribution in [0.25, 0.3) is 0 Å². The van der Waals surface area contributed by atoms with Crippen LogP contribution in [-0.2, 0) is 9.59 Å². The van der Waals surface area contributed by atoms with E-state index in [9.17, 15) is 14.4 Å². The Morgan fingerprint density at radius 3 is 2.52 bits per heavy atom. The summed E-state index contributed by atoms with van der Waals surface area (Å²) in [5, 5.41) is 2.71. The molecule has 0 aliphatic heterocycles. The molecule has 2 rings (SSSR count). The number of nitrogens with two attached hydrogens (primary N) is 2. The van der Waals surface area contributed by atoms with Gasteiger partial charge < -0.3 is 21.5 Å². The second kappa shape index (κ2) is 8.74. The Balaban J connectivity index is 1.95. The molecule has 0 aliphatic carbocycles. The number of nitrogens with one attached hydrogen (secondary N) is 1. The molecule has 0 aliphatic rings. The highest BCUT2D eigenvalue weighted by Crippen LogP contribution is 2.26. The maximum Gasteiger partial charge on any atom is 0.262 e. The molecule has 8 heteroatoms. The maximum absolute atomic E-state index is 12.1. The van der Waals surface area contributed by atoms with Gasteiger partial charge in [-0.05, 0) is 30.3 Å². The number of para-hydroxylation sites is 1. The van der Waals surface area contributed by atoms with Crippen LogP contribution in [0, 0.1) is 0 Å². The summed E-state index contributed by atoms with van der Waals surface area (Å²) in [6, 6.07) is 13.3. The van der Waals surface area contributed by atoms with Crippen LogP contribution in [0.3, 0.4) is 0 Å². The number of primary amides is 2. The van der Waals surface area contributed by atoms with Gasteiger partial charge in [-0.25, -0.2) is 0 Å². The van der Waals surface area contributed by atoms with E-state index in [-0.39, 0.29) is 18.3 Å². The summed E-state index contributed by atoms with van der Waals surface area (Å²) in [6.07, 6.45) is 0. The third-order valence-corrected chi connectivity index (χ3v) is 4.12. The van der Waals surface area contributed by atoms with Crippen molar-refractivity contribution in [3.63, 3.8) is 0 Å². The smallest absolute Gasteiger partial charge is 0.262 e. The number of thioether (sulfide) groups is 1. The summed E-state index contributed by atoms with van der Waals surface area (Å²) >= 11 is 1.24. The number of hydrogen-bond acceptors (Lipinski definition) is 5. The van der Waals surface area contributed by atoms with Crippen molar-refractivity contribution < 1.29 is 19.1 Å². The van der Waals surface area contributed by atoms with Crippen LogP contribution in [0.1, 0.15) is 10.4 Å². The van der Waals surface area contributed by atoms with Crippen LogP contribution >= 0.6 is 11.8 Å². The lowest BCUT2D eigenvalue weighted by Crippen LogP contribution is -2.21. The minimum Gasteiger partial charge on any atom is -0.484 e. The number of carbonyl (C=O) groups excluding carboxylic acids is 3. The van der Waals surface area contributed by atoms with Gasteiger partial charge in [0.15, 0.2) is 6.61 Å². The van der Waals surface area contributed by atoms with Crippen LogP contribution in [0.4, 0.5) is 5.69 Å². The Morgan fingerprint density at radius 1 is 1.04 bits per heavy atom. The average Bonchev–Trinajstić information content (AvgIpc) is 2.59. The Kier molecular flexibility index (Phi) is 6.41. The first kappa shape index (κ1) is 18.3. The molecule has 7 nitrogen and oxygen atoms in total. The number of amides is 3. The zero-order valence-corrected chi connectivity index (χ0v) is 14.0. The van der Waals surface area contributed by atoms with Gasteiger partial charge in [0.2, 0.25) is 11.8 Å². The largest absolute Gasteiger partial charge is 0.484 e. The molecular formula is C17H17N3O4S. The number of anilines is 1. The molecule has 0 spiro atoms.